The molecule has 0 heterocycles. The maximum Gasteiger partial charge on any atom is 0.412 e. The van der Waals surface area contributed by atoms with Gasteiger partial charge in [-0.3, -0.25) is 4.79 Å². The van der Waals surface area contributed by atoms with Gasteiger partial charge in [-0.2, -0.15) is 13.2 Å². The number of hydrogen-bond acceptors (Lipinski definition) is 1. The number of amides is 1. The molecule has 0 spiro atoms. The molecule has 1 atom stereocenters. The molecule has 0 radical (unpaired) electrons. The molecule has 0 aromatic heterocycles. The molecule has 2 nitrogen and oxygen atoms in total. The Bertz CT molecular complexity index is 334. The monoisotopic (exact) mass is 217 g/mol. The second-order valence-corrected chi connectivity index (χ2v) is 3.09. The molecule has 1 aromatic rings. The Kier molecular flexibility index (Phi) is 3.34. The minimum absolute atomic E-state index is 0.0280. The van der Waals surface area contributed by atoms with Gasteiger partial charge in [-0.1, -0.05) is 30.3 Å². The molecule has 1 rings (SSSR count). The van der Waals surface area contributed by atoms with E-state index >= 15 is 0 Å². The van der Waals surface area contributed by atoms with Crippen LogP contribution in [0, 0.1) is 0 Å². The highest BCUT2D eigenvalue weighted by molar-refractivity contribution is 5.73. The van der Waals surface area contributed by atoms with E-state index in [1.165, 1.54) is 24.3 Å². The molecule has 0 bridgehead atoms. The third kappa shape index (κ3) is 3.27. The summed E-state index contributed by atoms with van der Waals surface area (Å²) in [5, 5.41) is 1.87. The fourth-order valence-corrected chi connectivity index (χ4v) is 1.20. The van der Waals surface area contributed by atoms with Crippen molar-refractivity contribution in [3.63, 3.8) is 0 Å². The summed E-state index contributed by atoms with van der Waals surface area (Å²) in [4.78, 5) is 10.7. The topological polar surface area (TPSA) is 29.1 Å². The predicted molar refractivity (Wildman–Crippen MR) is 49.1 cm³/mol. The Morgan fingerprint density at radius 3 is 2.20 bits per heavy atom. The first-order chi connectivity index (χ1) is 6.91. The van der Waals surface area contributed by atoms with Gasteiger partial charge in [0.1, 0.15) is 0 Å². The van der Waals surface area contributed by atoms with Crippen molar-refractivity contribution in [3.8, 4) is 0 Å². The van der Waals surface area contributed by atoms with Gasteiger partial charge in [0.2, 0.25) is 5.91 Å². The number of nitrogens with one attached hydrogen (secondary N) is 1. The molecule has 0 aliphatic rings. The van der Waals surface area contributed by atoms with Gasteiger partial charge in [0.15, 0.2) is 6.04 Å². The number of halogens is 3. The Balaban J connectivity index is 2.97. The molecule has 0 aliphatic carbocycles. The van der Waals surface area contributed by atoms with Gasteiger partial charge in [-0.25, -0.2) is 0 Å². The van der Waals surface area contributed by atoms with Crippen LogP contribution in [0.2, 0.25) is 0 Å². The SMILES string of the molecule is CC(=O)N[C@H](c1ccccc1)C(F)(F)F. The average Bonchev–Trinajstić information content (AvgIpc) is 2.14. The van der Waals surface area contributed by atoms with E-state index < -0.39 is 18.1 Å². The van der Waals surface area contributed by atoms with Crippen molar-refractivity contribution >= 4 is 5.91 Å². The molecule has 0 aliphatic heterocycles. The average molecular weight is 217 g/mol. The lowest BCUT2D eigenvalue weighted by Gasteiger charge is -2.21. The van der Waals surface area contributed by atoms with Crippen LogP contribution in [0.5, 0.6) is 0 Å². The summed E-state index contributed by atoms with van der Waals surface area (Å²) in [6, 6.07) is 5.33. The van der Waals surface area contributed by atoms with E-state index in [1.54, 1.807) is 6.07 Å². The van der Waals surface area contributed by atoms with Crippen LogP contribution >= 0.6 is 0 Å². The summed E-state index contributed by atoms with van der Waals surface area (Å²) < 4.78 is 37.7. The van der Waals surface area contributed by atoms with E-state index in [9.17, 15) is 18.0 Å². The molecular weight excluding hydrogens is 207 g/mol. The molecule has 1 amide bonds. The number of carbonyl (C=O) groups excluding carboxylic acids is 1. The summed E-state index contributed by atoms with van der Waals surface area (Å²) in [6.07, 6.45) is -4.48. The number of benzene rings is 1. The Morgan fingerprint density at radius 2 is 1.80 bits per heavy atom. The number of alkyl halides is 3. The summed E-state index contributed by atoms with van der Waals surface area (Å²) in [7, 11) is 0. The van der Waals surface area contributed by atoms with Crippen molar-refractivity contribution in [3.05, 3.63) is 35.9 Å². The second-order valence-electron chi connectivity index (χ2n) is 3.09. The molecule has 0 saturated heterocycles. The van der Waals surface area contributed by atoms with Crippen molar-refractivity contribution in [2.45, 2.75) is 19.1 Å². The third-order valence-corrected chi connectivity index (χ3v) is 1.81. The third-order valence-electron chi connectivity index (χ3n) is 1.81. The van der Waals surface area contributed by atoms with Gasteiger partial charge in [-0.15, -0.1) is 0 Å². The van der Waals surface area contributed by atoms with Crippen LogP contribution in [0.25, 0.3) is 0 Å². The maximum atomic E-state index is 12.6. The minimum Gasteiger partial charge on any atom is -0.341 e. The fourth-order valence-electron chi connectivity index (χ4n) is 1.20. The molecule has 0 unspecified atom stereocenters. The first-order valence-corrected chi connectivity index (χ1v) is 4.30. The Morgan fingerprint density at radius 1 is 1.27 bits per heavy atom. The lowest BCUT2D eigenvalue weighted by molar-refractivity contribution is -0.162. The minimum atomic E-state index is -4.48. The van der Waals surface area contributed by atoms with Gasteiger partial charge in [0.25, 0.3) is 0 Å². The summed E-state index contributed by atoms with van der Waals surface area (Å²) in [5.74, 6) is -0.707. The molecule has 5 heteroatoms. The van der Waals surface area contributed by atoms with Crippen molar-refractivity contribution < 1.29 is 18.0 Å². The van der Waals surface area contributed by atoms with Crippen LogP contribution in [0.1, 0.15) is 18.5 Å². The molecule has 82 valence electrons. The van der Waals surface area contributed by atoms with Crippen molar-refractivity contribution in [2.75, 3.05) is 0 Å². The largest absolute Gasteiger partial charge is 0.412 e. The summed E-state index contributed by atoms with van der Waals surface area (Å²) in [5.41, 5.74) is 0.0280. The smallest absolute Gasteiger partial charge is 0.341 e. The van der Waals surface area contributed by atoms with Crippen LogP contribution < -0.4 is 5.32 Å². The van der Waals surface area contributed by atoms with E-state index in [0.717, 1.165) is 6.92 Å². The highest BCUT2D eigenvalue weighted by atomic mass is 19.4. The van der Waals surface area contributed by atoms with Gasteiger partial charge >= 0.3 is 6.18 Å². The zero-order valence-corrected chi connectivity index (χ0v) is 8.01. The first kappa shape index (κ1) is 11.6. The maximum absolute atomic E-state index is 12.6. The predicted octanol–water partition coefficient (Wildman–Crippen LogP) is 2.43. The second kappa shape index (κ2) is 4.33. The van der Waals surface area contributed by atoms with Crippen LogP contribution in [0.15, 0.2) is 30.3 Å². The van der Waals surface area contributed by atoms with Gasteiger partial charge in [0, 0.05) is 6.92 Å². The van der Waals surface area contributed by atoms with Gasteiger partial charge < -0.3 is 5.32 Å². The highest BCUT2D eigenvalue weighted by Crippen LogP contribution is 2.32. The van der Waals surface area contributed by atoms with E-state index in [2.05, 4.69) is 0 Å². The van der Waals surface area contributed by atoms with E-state index in [-0.39, 0.29) is 5.56 Å². The lowest BCUT2D eigenvalue weighted by atomic mass is 10.1. The van der Waals surface area contributed by atoms with Crippen LogP contribution in [0.4, 0.5) is 13.2 Å². The van der Waals surface area contributed by atoms with Crippen molar-refractivity contribution in [1.29, 1.82) is 0 Å². The van der Waals surface area contributed by atoms with E-state index in [0.29, 0.717) is 0 Å². The molecule has 0 fully saturated rings. The van der Waals surface area contributed by atoms with E-state index in [1.807, 2.05) is 5.32 Å². The zero-order chi connectivity index (χ0) is 11.5. The van der Waals surface area contributed by atoms with Crippen LogP contribution in [-0.4, -0.2) is 12.1 Å². The summed E-state index contributed by atoms with van der Waals surface area (Å²) >= 11 is 0. The molecule has 1 N–H and O–H groups in total. The lowest BCUT2D eigenvalue weighted by Crippen LogP contribution is -2.36. The highest BCUT2D eigenvalue weighted by Gasteiger charge is 2.41. The first-order valence-electron chi connectivity index (χ1n) is 4.30. The van der Waals surface area contributed by atoms with Crippen molar-refractivity contribution in [1.82, 2.24) is 5.32 Å². The quantitative estimate of drug-likeness (QED) is 0.809. The standard InChI is InChI=1S/C10H10F3NO/c1-7(15)14-9(10(11,12)13)8-5-3-2-4-6-8/h2-6,9H,1H3,(H,14,15)/t9-/m1/s1. The van der Waals surface area contributed by atoms with Crippen LogP contribution in [0.3, 0.4) is 0 Å². The van der Waals surface area contributed by atoms with Crippen molar-refractivity contribution in [2.24, 2.45) is 0 Å². The fraction of sp³-hybridized carbons (Fsp3) is 0.300. The molecule has 1 aromatic carbocycles. The molecular formula is C10H10F3NO. The van der Waals surface area contributed by atoms with E-state index in [4.69, 9.17) is 0 Å². The Hall–Kier alpha value is -1.52. The number of rotatable bonds is 2. The number of carbonyl (C=O) groups is 1. The number of hydrogen-bond donors (Lipinski definition) is 1. The Labute approximate surface area is 85.1 Å². The normalized spacial score (nSPS) is 13.3. The summed E-state index contributed by atoms with van der Waals surface area (Å²) in [6.45, 7) is 1.06. The van der Waals surface area contributed by atoms with Gasteiger partial charge in [0.05, 0.1) is 0 Å². The zero-order valence-electron chi connectivity index (χ0n) is 8.01. The van der Waals surface area contributed by atoms with Gasteiger partial charge in [-0.05, 0) is 5.56 Å². The molecule has 15 heavy (non-hydrogen) atoms. The van der Waals surface area contributed by atoms with Crippen LogP contribution in [-0.2, 0) is 4.79 Å². The molecule has 0 saturated carbocycles.